The Morgan fingerprint density at radius 1 is 0.971 bits per heavy atom. The zero-order valence-corrected chi connectivity index (χ0v) is 25.8. The van der Waals surface area contributed by atoms with Gasteiger partial charge in [-0.1, -0.05) is 60.6 Å². The van der Waals surface area contributed by atoms with E-state index in [4.69, 9.17) is 18.3 Å². The summed E-state index contributed by atoms with van der Waals surface area (Å²) in [5, 5.41) is 0.143. The van der Waals surface area contributed by atoms with E-state index < -0.39 is 22.7 Å². The molecule has 35 heavy (non-hydrogen) atoms. The second-order valence-electron chi connectivity index (χ2n) is 13.1. The number of ether oxygens (including phenoxy) is 2. The molecule has 0 amide bonds. The maximum absolute atomic E-state index is 12.5. The van der Waals surface area contributed by atoms with Crippen molar-refractivity contribution < 1.29 is 23.1 Å². The molecule has 0 aliphatic carbocycles. The summed E-state index contributed by atoms with van der Waals surface area (Å²) in [6, 6.07) is 0. The Morgan fingerprint density at radius 2 is 1.57 bits per heavy atom. The van der Waals surface area contributed by atoms with Crippen molar-refractivity contribution in [2.75, 3.05) is 6.61 Å². The van der Waals surface area contributed by atoms with Gasteiger partial charge in [0.25, 0.3) is 0 Å². The van der Waals surface area contributed by atoms with Gasteiger partial charge in [0.15, 0.2) is 16.6 Å². The molecule has 4 atom stereocenters. The zero-order chi connectivity index (χ0) is 26.8. The van der Waals surface area contributed by atoms with Crippen LogP contribution in [0.15, 0.2) is 24.3 Å². The van der Waals surface area contributed by atoms with E-state index in [9.17, 15) is 4.79 Å². The lowest BCUT2D eigenvalue weighted by Gasteiger charge is -2.39. The predicted molar refractivity (Wildman–Crippen MR) is 148 cm³/mol. The summed E-state index contributed by atoms with van der Waals surface area (Å²) in [5.41, 5.74) is 1.84. The third-order valence-corrected chi connectivity index (χ3v) is 16.9. The number of esters is 1. The number of hydrogen-bond acceptors (Lipinski definition) is 5. The molecule has 5 nitrogen and oxygen atoms in total. The number of cyclic esters (lactones) is 1. The van der Waals surface area contributed by atoms with E-state index in [1.165, 1.54) is 0 Å². The summed E-state index contributed by atoms with van der Waals surface area (Å²) < 4.78 is 25.2. The normalized spacial score (nSPS) is 27.3. The highest BCUT2D eigenvalue weighted by Crippen LogP contribution is 2.43. The Hall–Kier alpha value is -1.18. The van der Waals surface area contributed by atoms with Gasteiger partial charge < -0.3 is 18.3 Å². The minimum absolute atomic E-state index is 0.0693. The first-order valence-corrected chi connectivity index (χ1v) is 18.6. The summed E-state index contributed by atoms with van der Waals surface area (Å²) in [5.74, 6) is 6.02. The maximum atomic E-state index is 12.5. The molecule has 2 aliphatic heterocycles. The van der Waals surface area contributed by atoms with Gasteiger partial charge in [-0.3, -0.25) is 4.79 Å². The lowest BCUT2D eigenvalue weighted by atomic mass is 9.98. The van der Waals surface area contributed by atoms with Crippen LogP contribution in [0.25, 0.3) is 0 Å². The second-order valence-corrected chi connectivity index (χ2v) is 22.6. The van der Waals surface area contributed by atoms with Gasteiger partial charge in [0, 0.05) is 19.3 Å². The van der Waals surface area contributed by atoms with Crippen LogP contribution in [0.5, 0.6) is 0 Å². The predicted octanol–water partition coefficient (Wildman–Crippen LogP) is 6.77. The molecule has 0 N–H and O–H groups in total. The average Bonchev–Trinajstić information content (AvgIpc) is 3.48. The van der Waals surface area contributed by atoms with Gasteiger partial charge in [-0.15, -0.1) is 5.92 Å². The first kappa shape index (κ1) is 30.1. The van der Waals surface area contributed by atoms with Crippen LogP contribution in [-0.4, -0.2) is 53.6 Å². The summed E-state index contributed by atoms with van der Waals surface area (Å²) in [4.78, 5) is 12.5. The van der Waals surface area contributed by atoms with Crippen LogP contribution >= 0.6 is 0 Å². The highest BCUT2D eigenvalue weighted by atomic mass is 28.4. The fourth-order valence-electron chi connectivity index (χ4n) is 3.39. The van der Waals surface area contributed by atoms with E-state index in [1.807, 2.05) is 0 Å². The Morgan fingerprint density at radius 3 is 2.14 bits per heavy atom. The van der Waals surface area contributed by atoms with E-state index in [0.29, 0.717) is 25.9 Å². The van der Waals surface area contributed by atoms with Crippen LogP contribution in [0.2, 0.25) is 36.3 Å². The van der Waals surface area contributed by atoms with Crippen LogP contribution in [0, 0.1) is 11.8 Å². The van der Waals surface area contributed by atoms with E-state index in [1.54, 1.807) is 0 Å². The van der Waals surface area contributed by atoms with Crippen LogP contribution in [0.3, 0.4) is 0 Å². The topological polar surface area (TPSA) is 57.3 Å². The van der Waals surface area contributed by atoms with Gasteiger partial charge >= 0.3 is 5.97 Å². The molecule has 0 aromatic rings. The highest BCUT2D eigenvalue weighted by Gasteiger charge is 2.51. The van der Waals surface area contributed by atoms with Crippen LogP contribution in [-0.2, 0) is 23.1 Å². The molecule has 7 heteroatoms. The van der Waals surface area contributed by atoms with Gasteiger partial charge in [-0.05, 0) is 47.4 Å². The average molecular weight is 521 g/mol. The van der Waals surface area contributed by atoms with Gasteiger partial charge in [0.2, 0.25) is 0 Å². The molecule has 0 radical (unpaired) electrons. The molecule has 2 aliphatic rings. The number of epoxide rings is 1. The van der Waals surface area contributed by atoms with E-state index in [0.717, 1.165) is 11.1 Å². The van der Waals surface area contributed by atoms with Crippen molar-refractivity contribution >= 4 is 22.6 Å². The molecule has 0 spiro atoms. The molecule has 1 saturated heterocycles. The number of fused-ring (bicyclic) bond motifs is 1. The molecular weight excluding hydrogens is 472 g/mol. The van der Waals surface area contributed by atoms with E-state index >= 15 is 0 Å². The number of carbonyl (C=O) groups excluding carboxylic acids is 1. The minimum Gasteiger partial charge on any atom is -0.460 e. The summed E-state index contributed by atoms with van der Waals surface area (Å²) in [6.07, 6.45) is 0.849. The van der Waals surface area contributed by atoms with E-state index in [2.05, 4.69) is 92.7 Å². The first-order valence-electron chi connectivity index (χ1n) is 12.8. The molecule has 2 rings (SSSR count). The number of carbonyl (C=O) groups is 1. The SMILES string of the molecule is C=C1CC#CCCC(=O)O[C@@H](CO[Si](C)(C)C(C)(C)C)CC(=C)[C@@H]2O[C@H]2[C@@H]1O[Si](C)(C)C(C)(C)C. The fourth-order valence-corrected chi connectivity index (χ4v) is 5.72. The van der Waals surface area contributed by atoms with Crippen molar-refractivity contribution in [1.29, 1.82) is 0 Å². The molecule has 2 heterocycles. The number of hydrogen-bond donors (Lipinski definition) is 0. The van der Waals surface area contributed by atoms with Crippen molar-refractivity contribution in [2.24, 2.45) is 0 Å². The second kappa shape index (κ2) is 11.1. The summed E-state index contributed by atoms with van der Waals surface area (Å²) in [7, 11) is -4.05. The van der Waals surface area contributed by atoms with Crippen LogP contribution in [0.1, 0.15) is 67.2 Å². The van der Waals surface area contributed by atoms with Gasteiger partial charge in [-0.25, -0.2) is 0 Å². The molecule has 198 valence electrons. The highest BCUT2D eigenvalue weighted by molar-refractivity contribution is 6.74. The Kier molecular flexibility index (Phi) is 9.50. The Bertz CT molecular complexity index is 866. The molecule has 0 aromatic carbocycles. The largest absolute Gasteiger partial charge is 0.460 e. The molecule has 0 bridgehead atoms. The van der Waals surface area contributed by atoms with Crippen LogP contribution in [0.4, 0.5) is 0 Å². The summed E-state index contributed by atoms with van der Waals surface area (Å²) in [6.45, 7) is 31.2. The summed E-state index contributed by atoms with van der Waals surface area (Å²) >= 11 is 0. The molecule has 0 saturated carbocycles. The van der Waals surface area contributed by atoms with Crippen molar-refractivity contribution in [2.45, 2.75) is 128 Å². The lowest BCUT2D eigenvalue weighted by molar-refractivity contribution is -0.150. The van der Waals surface area contributed by atoms with Crippen LogP contribution < -0.4 is 0 Å². The third-order valence-electron chi connectivity index (χ3n) is 7.98. The standard InChI is InChI=1S/C28H48O5Si2/c1-20-16-14-13-15-17-23(29)31-22(19-30-34(9,10)27(3,4)5)18-21(2)24-26(32-24)25(20)33-35(11,12)28(6,7)8/h22,24-26H,1-2,15-19H2,3-12H3/t22-,24+,25-,26-/m1/s1. The van der Waals surface area contributed by atoms with Crippen molar-refractivity contribution in [1.82, 2.24) is 0 Å². The Labute approximate surface area is 216 Å². The third kappa shape index (κ3) is 8.16. The van der Waals surface area contributed by atoms with Gasteiger partial charge in [0.05, 0.1) is 19.1 Å². The fraction of sp³-hybridized carbons (Fsp3) is 0.750. The monoisotopic (exact) mass is 520 g/mol. The first-order chi connectivity index (χ1) is 15.9. The van der Waals surface area contributed by atoms with Crippen molar-refractivity contribution in [3.05, 3.63) is 24.3 Å². The Balaban J connectivity index is 2.23. The molecular formula is C28H48O5Si2. The minimum atomic E-state index is -2.06. The van der Waals surface area contributed by atoms with Gasteiger partial charge in [0.1, 0.15) is 18.3 Å². The molecule has 1 fully saturated rings. The molecule has 0 unspecified atom stereocenters. The smallest absolute Gasteiger partial charge is 0.307 e. The zero-order valence-electron chi connectivity index (χ0n) is 23.8. The van der Waals surface area contributed by atoms with Gasteiger partial charge in [-0.2, -0.15) is 0 Å². The number of rotatable bonds is 5. The van der Waals surface area contributed by atoms with E-state index in [-0.39, 0.29) is 40.8 Å². The van der Waals surface area contributed by atoms with Crippen molar-refractivity contribution in [3.63, 3.8) is 0 Å². The lowest BCUT2D eigenvalue weighted by Crippen LogP contribution is -2.46. The molecule has 0 aromatic heterocycles. The quantitative estimate of drug-likeness (QED) is 0.132. The maximum Gasteiger partial charge on any atom is 0.307 e. The van der Waals surface area contributed by atoms with Crippen molar-refractivity contribution in [3.8, 4) is 11.8 Å².